The van der Waals surface area contributed by atoms with E-state index in [9.17, 15) is 18.0 Å². The van der Waals surface area contributed by atoms with Crippen LogP contribution in [0.5, 0.6) is 0 Å². The first-order valence-electron chi connectivity index (χ1n) is 8.91. The van der Waals surface area contributed by atoms with E-state index in [1.54, 1.807) is 6.07 Å². The first kappa shape index (κ1) is 18.7. The van der Waals surface area contributed by atoms with E-state index in [1.165, 1.54) is 24.3 Å². The highest BCUT2D eigenvalue weighted by molar-refractivity contribution is 5.83. The monoisotopic (exact) mass is 386 g/mol. The maximum atomic E-state index is 14.0. The minimum Gasteiger partial charge on any atom is -0.454 e. The highest BCUT2D eigenvalue weighted by Crippen LogP contribution is 2.52. The topological polar surface area (TPSA) is 54.0 Å². The summed E-state index contributed by atoms with van der Waals surface area (Å²) >= 11 is 0. The SMILES string of the molecule is COC(C(=O)O[C@H]1[C@H]2O[C@@H]3C(C)[C@H]1O[C@H]2C3C)(c1ccccc1)C(F)(F)F. The van der Waals surface area contributed by atoms with E-state index in [2.05, 4.69) is 0 Å². The lowest BCUT2D eigenvalue weighted by atomic mass is 9.87. The van der Waals surface area contributed by atoms with E-state index >= 15 is 0 Å². The fraction of sp³-hybridized carbons (Fsp3) is 0.632. The second-order valence-electron chi connectivity index (χ2n) is 7.47. The number of carbonyl (C=O) groups excluding carboxylic acids is 1. The van der Waals surface area contributed by atoms with Crippen LogP contribution in [0.1, 0.15) is 19.4 Å². The fourth-order valence-corrected chi connectivity index (χ4v) is 4.72. The predicted molar refractivity (Wildman–Crippen MR) is 86.7 cm³/mol. The van der Waals surface area contributed by atoms with E-state index < -0.39 is 36.1 Å². The quantitative estimate of drug-likeness (QED) is 0.745. The Labute approximate surface area is 154 Å². The molecule has 4 saturated heterocycles. The van der Waals surface area contributed by atoms with Crippen LogP contribution < -0.4 is 0 Å². The van der Waals surface area contributed by atoms with E-state index in [-0.39, 0.29) is 29.6 Å². The van der Waals surface area contributed by atoms with Crippen molar-refractivity contribution in [3.05, 3.63) is 35.9 Å². The highest BCUT2D eigenvalue weighted by atomic mass is 19.4. The Morgan fingerprint density at radius 1 is 0.963 bits per heavy atom. The van der Waals surface area contributed by atoms with Gasteiger partial charge in [-0.05, 0) is 0 Å². The average molecular weight is 386 g/mol. The zero-order chi connectivity index (χ0) is 19.6. The molecule has 5 rings (SSSR count). The molecule has 148 valence electrons. The van der Waals surface area contributed by atoms with Gasteiger partial charge in [-0.2, -0.15) is 13.2 Å². The number of halogens is 3. The van der Waals surface area contributed by atoms with Crippen LogP contribution in [0, 0.1) is 11.8 Å². The molecule has 0 saturated carbocycles. The summed E-state index contributed by atoms with van der Waals surface area (Å²) in [5.74, 6) is -1.47. The normalized spacial score (nSPS) is 39.4. The van der Waals surface area contributed by atoms with Gasteiger partial charge in [-0.25, -0.2) is 4.79 Å². The number of hydrogen-bond acceptors (Lipinski definition) is 5. The minimum absolute atomic E-state index is 0.0300. The van der Waals surface area contributed by atoms with E-state index in [4.69, 9.17) is 18.9 Å². The van der Waals surface area contributed by atoms with Crippen molar-refractivity contribution in [1.29, 1.82) is 0 Å². The van der Waals surface area contributed by atoms with Crippen molar-refractivity contribution in [2.24, 2.45) is 11.8 Å². The van der Waals surface area contributed by atoms with Crippen LogP contribution in [-0.4, -0.2) is 49.8 Å². The van der Waals surface area contributed by atoms with Crippen LogP contribution in [0.2, 0.25) is 0 Å². The Bertz CT molecular complexity index is 720. The summed E-state index contributed by atoms with van der Waals surface area (Å²) in [6.45, 7) is 3.88. The molecule has 8 atom stereocenters. The zero-order valence-electron chi connectivity index (χ0n) is 15.1. The molecule has 4 aliphatic rings. The van der Waals surface area contributed by atoms with Crippen LogP contribution in [-0.2, 0) is 29.3 Å². The Morgan fingerprint density at radius 3 is 2.15 bits per heavy atom. The van der Waals surface area contributed by atoms with Gasteiger partial charge in [-0.1, -0.05) is 44.2 Å². The summed E-state index contributed by atoms with van der Waals surface area (Å²) in [5.41, 5.74) is -3.54. The molecule has 4 heterocycles. The summed E-state index contributed by atoms with van der Waals surface area (Å²) in [5, 5.41) is 0. The summed E-state index contributed by atoms with van der Waals surface area (Å²) in [6.07, 6.45) is -7.21. The van der Waals surface area contributed by atoms with Crippen LogP contribution in [0.3, 0.4) is 0 Å². The summed E-state index contributed by atoms with van der Waals surface area (Å²) in [6, 6.07) is 6.78. The second kappa shape index (κ2) is 6.18. The Hall–Kier alpha value is -1.64. The summed E-state index contributed by atoms with van der Waals surface area (Å²) < 4.78 is 64.0. The number of ether oxygens (including phenoxy) is 4. The standard InChI is InChI=1S/C19H21F3O5/c1-9-12-10(2)14-16(15(25-12)13(9)26-14)27-17(23)18(24-3,19(20,21)22)11-7-5-4-6-8-11/h4-10,12-16H,1-3H3/t9?,10?,12-,13-,14+,15-,16+,18?/m0/s1. The summed E-state index contributed by atoms with van der Waals surface area (Å²) in [4.78, 5) is 12.9. The predicted octanol–water partition coefficient (Wildman–Crippen LogP) is 2.82. The van der Waals surface area contributed by atoms with Gasteiger partial charge in [0.15, 0.2) is 6.10 Å². The third kappa shape index (κ3) is 2.46. The molecule has 0 aromatic heterocycles. The molecular weight excluding hydrogens is 365 g/mol. The first-order valence-corrected chi connectivity index (χ1v) is 8.91. The Kier molecular flexibility index (Phi) is 4.29. The number of esters is 1. The number of benzene rings is 1. The van der Waals surface area contributed by atoms with Crippen molar-refractivity contribution in [1.82, 2.24) is 0 Å². The molecule has 4 bridgehead atoms. The molecule has 1 aromatic rings. The first-order chi connectivity index (χ1) is 12.7. The van der Waals surface area contributed by atoms with Crippen molar-refractivity contribution in [3.8, 4) is 0 Å². The van der Waals surface area contributed by atoms with Gasteiger partial charge in [-0.3, -0.25) is 0 Å². The fourth-order valence-electron chi connectivity index (χ4n) is 4.72. The lowest BCUT2D eigenvalue weighted by Gasteiger charge is -2.40. The van der Waals surface area contributed by atoms with Gasteiger partial charge in [0.25, 0.3) is 5.60 Å². The smallest absolute Gasteiger partial charge is 0.432 e. The minimum atomic E-state index is -5.00. The number of rotatable bonds is 4. The molecule has 1 aromatic carbocycles. The van der Waals surface area contributed by atoms with Gasteiger partial charge in [-0.15, -0.1) is 0 Å². The molecule has 0 spiro atoms. The van der Waals surface area contributed by atoms with Crippen molar-refractivity contribution >= 4 is 5.97 Å². The Balaban J connectivity index is 1.66. The van der Waals surface area contributed by atoms with Crippen LogP contribution >= 0.6 is 0 Å². The van der Waals surface area contributed by atoms with Gasteiger partial charge >= 0.3 is 12.1 Å². The molecule has 4 aliphatic heterocycles. The van der Waals surface area contributed by atoms with Crippen molar-refractivity contribution in [2.45, 2.75) is 56.1 Å². The van der Waals surface area contributed by atoms with Crippen LogP contribution in [0.15, 0.2) is 30.3 Å². The van der Waals surface area contributed by atoms with Crippen LogP contribution in [0.25, 0.3) is 0 Å². The molecule has 0 amide bonds. The van der Waals surface area contributed by atoms with Crippen molar-refractivity contribution in [2.75, 3.05) is 7.11 Å². The molecule has 0 N–H and O–H groups in total. The lowest BCUT2D eigenvalue weighted by molar-refractivity contribution is -0.282. The van der Waals surface area contributed by atoms with Gasteiger partial charge in [0, 0.05) is 24.5 Å². The molecule has 3 unspecified atom stereocenters. The lowest BCUT2D eigenvalue weighted by Crippen LogP contribution is -2.56. The number of hydrogen-bond donors (Lipinski definition) is 0. The molecule has 4 fully saturated rings. The van der Waals surface area contributed by atoms with Gasteiger partial charge in [0.2, 0.25) is 0 Å². The van der Waals surface area contributed by atoms with Gasteiger partial charge in [0.1, 0.15) is 12.2 Å². The maximum absolute atomic E-state index is 14.0. The third-order valence-corrected chi connectivity index (χ3v) is 6.09. The molecule has 0 aliphatic carbocycles. The average Bonchev–Trinajstić information content (AvgIpc) is 3.04. The number of alkyl halides is 3. The van der Waals surface area contributed by atoms with Crippen molar-refractivity contribution < 1.29 is 36.9 Å². The van der Waals surface area contributed by atoms with Crippen molar-refractivity contribution in [3.63, 3.8) is 0 Å². The van der Waals surface area contributed by atoms with Crippen LogP contribution in [0.4, 0.5) is 13.2 Å². The van der Waals surface area contributed by atoms with E-state index in [0.29, 0.717) is 0 Å². The Morgan fingerprint density at radius 2 is 1.56 bits per heavy atom. The molecular formula is C19H21F3O5. The molecule has 8 heteroatoms. The maximum Gasteiger partial charge on any atom is 0.432 e. The number of carbonyl (C=O) groups is 1. The largest absolute Gasteiger partial charge is 0.454 e. The highest BCUT2D eigenvalue weighted by Gasteiger charge is 2.68. The van der Waals surface area contributed by atoms with Gasteiger partial charge < -0.3 is 18.9 Å². The van der Waals surface area contributed by atoms with E-state index in [1.807, 2.05) is 13.8 Å². The number of methoxy groups -OCH3 is 1. The molecule has 27 heavy (non-hydrogen) atoms. The second-order valence-corrected chi connectivity index (χ2v) is 7.47. The van der Waals surface area contributed by atoms with E-state index in [0.717, 1.165) is 7.11 Å². The zero-order valence-corrected chi connectivity index (χ0v) is 15.1. The molecule has 0 radical (unpaired) electrons. The van der Waals surface area contributed by atoms with Gasteiger partial charge in [0.05, 0.1) is 12.2 Å². The third-order valence-electron chi connectivity index (χ3n) is 6.09. The molecule has 5 nitrogen and oxygen atoms in total. The summed E-state index contributed by atoms with van der Waals surface area (Å²) in [7, 11) is 0.853.